The van der Waals surface area contributed by atoms with E-state index in [0.29, 0.717) is 12.5 Å². The first kappa shape index (κ1) is 14.8. The van der Waals surface area contributed by atoms with Crippen LogP contribution >= 0.6 is 0 Å². The molecule has 0 unspecified atom stereocenters. The van der Waals surface area contributed by atoms with Crippen LogP contribution in [0.2, 0.25) is 0 Å². The number of rotatable bonds is 3. The maximum Gasteiger partial charge on any atom is 0.260 e. The molecule has 1 heterocycles. The van der Waals surface area contributed by atoms with E-state index in [1.165, 1.54) is 23.1 Å². The third-order valence-electron chi connectivity index (χ3n) is 3.92. The molecule has 110 valence electrons. The van der Waals surface area contributed by atoms with Crippen LogP contribution in [0.4, 0.5) is 4.39 Å². The number of likely N-dealkylation sites (tertiary alicyclic amines) is 1. The molecule has 5 heteroatoms. The number of benzene rings is 1. The first-order valence-corrected chi connectivity index (χ1v) is 6.90. The van der Waals surface area contributed by atoms with Crippen molar-refractivity contribution in [1.82, 2.24) is 9.80 Å². The van der Waals surface area contributed by atoms with E-state index in [9.17, 15) is 14.3 Å². The zero-order valence-corrected chi connectivity index (χ0v) is 12.0. The van der Waals surface area contributed by atoms with E-state index < -0.39 is 11.7 Å². The molecule has 0 atom stereocenters. The van der Waals surface area contributed by atoms with Crippen LogP contribution in [0.15, 0.2) is 18.2 Å². The topological polar surface area (TPSA) is 43.8 Å². The van der Waals surface area contributed by atoms with E-state index in [1.807, 2.05) is 0 Å². The Bertz CT molecular complexity index is 465. The summed E-state index contributed by atoms with van der Waals surface area (Å²) in [5.41, 5.74) is -0.233. The average molecular weight is 280 g/mol. The standard InChI is InChI=1S/C15H21FN2O2/c1-17-8-6-11(7-9-17)10-18(2)15(20)14-12(16)4-3-5-13(14)19/h3-5,11,19H,6-10H2,1-2H3. The third kappa shape index (κ3) is 3.28. The predicted molar refractivity (Wildman–Crippen MR) is 75.2 cm³/mol. The second-order valence-electron chi connectivity index (χ2n) is 5.57. The smallest absolute Gasteiger partial charge is 0.260 e. The number of carbonyl (C=O) groups excluding carboxylic acids is 1. The highest BCUT2D eigenvalue weighted by Crippen LogP contribution is 2.23. The number of piperidine rings is 1. The molecule has 1 aromatic carbocycles. The van der Waals surface area contributed by atoms with Gasteiger partial charge in [0.15, 0.2) is 0 Å². The Morgan fingerprint density at radius 2 is 2.10 bits per heavy atom. The molecule has 0 spiro atoms. The van der Waals surface area contributed by atoms with Crippen molar-refractivity contribution in [3.8, 4) is 5.75 Å². The van der Waals surface area contributed by atoms with Crippen molar-refractivity contribution in [2.24, 2.45) is 5.92 Å². The molecule has 1 aromatic rings. The van der Waals surface area contributed by atoms with Crippen molar-refractivity contribution in [3.63, 3.8) is 0 Å². The maximum atomic E-state index is 13.7. The number of aromatic hydroxyl groups is 1. The maximum absolute atomic E-state index is 13.7. The zero-order chi connectivity index (χ0) is 14.7. The van der Waals surface area contributed by atoms with Crippen LogP contribution in [0.25, 0.3) is 0 Å². The van der Waals surface area contributed by atoms with Gasteiger partial charge in [0.1, 0.15) is 17.1 Å². The van der Waals surface area contributed by atoms with Crippen LogP contribution in [0.3, 0.4) is 0 Å². The van der Waals surface area contributed by atoms with Crippen molar-refractivity contribution in [2.45, 2.75) is 12.8 Å². The van der Waals surface area contributed by atoms with Gasteiger partial charge in [0.2, 0.25) is 0 Å². The lowest BCUT2D eigenvalue weighted by Crippen LogP contribution is -2.38. The molecule has 1 amide bonds. The Morgan fingerprint density at radius 3 is 2.70 bits per heavy atom. The average Bonchev–Trinajstić information content (AvgIpc) is 2.41. The van der Waals surface area contributed by atoms with Crippen LogP contribution in [0, 0.1) is 11.7 Å². The van der Waals surface area contributed by atoms with Gasteiger partial charge in [-0.15, -0.1) is 0 Å². The Hall–Kier alpha value is -1.62. The monoisotopic (exact) mass is 280 g/mol. The normalized spacial score (nSPS) is 17.1. The van der Waals surface area contributed by atoms with Gasteiger partial charge in [0.25, 0.3) is 5.91 Å². The SMILES string of the molecule is CN1CCC(CN(C)C(=O)c2c(O)cccc2F)CC1. The summed E-state index contributed by atoms with van der Waals surface area (Å²) in [7, 11) is 3.75. The fourth-order valence-corrected chi connectivity index (χ4v) is 2.63. The van der Waals surface area contributed by atoms with Gasteiger partial charge in [-0.25, -0.2) is 4.39 Å². The van der Waals surface area contributed by atoms with Crippen LogP contribution in [0.1, 0.15) is 23.2 Å². The highest BCUT2D eigenvalue weighted by molar-refractivity contribution is 5.96. The molecule has 1 fully saturated rings. The molecule has 1 aliphatic rings. The summed E-state index contributed by atoms with van der Waals surface area (Å²) < 4.78 is 13.7. The van der Waals surface area contributed by atoms with Gasteiger partial charge in [-0.05, 0) is 51.0 Å². The lowest BCUT2D eigenvalue weighted by Gasteiger charge is -2.31. The molecular formula is C15H21FN2O2. The van der Waals surface area contributed by atoms with Gasteiger partial charge < -0.3 is 14.9 Å². The van der Waals surface area contributed by atoms with Gasteiger partial charge in [-0.1, -0.05) is 6.07 Å². The van der Waals surface area contributed by atoms with Crippen LogP contribution in [-0.2, 0) is 0 Å². The second kappa shape index (κ2) is 6.22. The van der Waals surface area contributed by atoms with Crippen LogP contribution in [0.5, 0.6) is 5.75 Å². The van der Waals surface area contributed by atoms with Gasteiger partial charge in [-0.3, -0.25) is 4.79 Å². The number of carbonyl (C=O) groups is 1. The molecule has 1 aliphatic heterocycles. The quantitative estimate of drug-likeness (QED) is 0.920. The Balaban J connectivity index is 2.02. The molecule has 20 heavy (non-hydrogen) atoms. The number of amides is 1. The molecule has 0 aliphatic carbocycles. The minimum Gasteiger partial charge on any atom is -0.507 e. The molecule has 1 saturated heterocycles. The molecule has 2 rings (SSSR count). The summed E-state index contributed by atoms with van der Waals surface area (Å²) in [5, 5.41) is 9.66. The highest BCUT2D eigenvalue weighted by Gasteiger charge is 2.24. The van der Waals surface area contributed by atoms with E-state index in [-0.39, 0.29) is 11.3 Å². The Morgan fingerprint density at radius 1 is 1.45 bits per heavy atom. The summed E-state index contributed by atoms with van der Waals surface area (Å²) >= 11 is 0. The van der Waals surface area contributed by atoms with Gasteiger partial charge >= 0.3 is 0 Å². The second-order valence-corrected chi connectivity index (χ2v) is 5.57. The summed E-state index contributed by atoms with van der Waals surface area (Å²) in [6.07, 6.45) is 2.08. The molecule has 0 bridgehead atoms. The van der Waals surface area contributed by atoms with Crippen LogP contribution < -0.4 is 0 Å². The lowest BCUT2D eigenvalue weighted by molar-refractivity contribution is 0.0739. The minimum atomic E-state index is -0.676. The number of hydrogen-bond donors (Lipinski definition) is 1. The first-order chi connectivity index (χ1) is 9.49. The molecule has 0 radical (unpaired) electrons. The van der Waals surface area contributed by atoms with E-state index in [0.717, 1.165) is 25.9 Å². The van der Waals surface area contributed by atoms with Crippen LogP contribution in [-0.4, -0.2) is 54.5 Å². The largest absolute Gasteiger partial charge is 0.507 e. The summed E-state index contributed by atoms with van der Waals surface area (Å²) in [4.78, 5) is 16.0. The first-order valence-electron chi connectivity index (χ1n) is 6.90. The van der Waals surface area contributed by atoms with Crippen molar-refractivity contribution in [3.05, 3.63) is 29.6 Å². The number of halogens is 1. The third-order valence-corrected chi connectivity index (χ3v) is 3.92. The molecule has 1 N–H and O–H groups in total. The fourth-order valence-electron chi connectivity index (χ4n) is 2.63. The summed E-state index contributed by atoms with van der Waals surface area (Å²) in [6.45, 7) is 2.65. The number of nitrogens with zero attached hydrogens (tertiary/aromatic N) is 2. The van der Waals surface area contributed by atoms with E-state index in [2.05, 4.69) is 11.9 Å². The Labute approximate surface area is 118 Å². The van der Waals surface area contributed by atoms with E-state index >= 15 is 0 Å². The van der Waals surface area contributed by atoms with Crippen molar-refractivity contribution in [2.75, 3.05) is 33.7 Å². The number of hydrogen-bond acceptors (Lipinski definition) is 3. The summed E-state index contributed by atoms with van der Waals surface area (Å²) in [6, 6.07) is 3.91. The Kier molecular flexibility index (Phi) is 4.60. The lowest BCUT2D eigenvalue weighted by atomic mass is 9.96. The molecular weight excluding hydrogens is 259 g/mol. The zero-order valence-electron chi connectivity index (χ0n) is 12.0. The van der Waals surface area contributed by atoms with Crippen molar-refractivity contribution < 1.29 is 14.3 Å². The van der Waals surface area contributed by atoms with Gasteiger partial charge in [0.05, 0.1) is 0 Å². The van der Waals surface area contributed by atoms with Crippen molar-refractivity contribution in [1.29, 1.82) is 0 Å². The number of phenols is 1. The number of phenolic OH excluding ortho intramolecular Hbond substituents is 1. The fraction of sp³-hybridized carbons (Fsp3) is 0.533. The molecule has 0 aromatic heterocycles. The van der Waals surface area contributed by atoms with Crippen molar-refractivity contribution >= 4 is 5.91 Å². The van der Waals surface area contributed by atoms with Gasteiger partial charge in [-0.2, -0.15) is 0 Å². The molecule has 4 nitrogen and oxygen atoms in total. The summed E-state index contributed by atoms with van der Waals surface area (Å²) in [5.74, 6) is -0.996. The highest BCUT2D eigenvalue weighted by atomic mass is 19.1. The van der Waals surface area contributed by atoms with E-state index in [1.54, 1.807) is 7.05 Å². The van der Waals surface area contributed by atoms with E-state index in [4.69, 9.17) is 0 Å². The minimum absolute atomic E-state index is 0.233. The van der Waals surface area contributed by atoms with Gasteiger partial charge in [0, 0.05) is 13.6 Å². The predicted octanol–water partition coefficient (Wildman–Crippen LogP) is 1.95. The molecule has 0 saturated carbocycles.